The third-order valence-corrected chi connectivity index (χ3v) is 5.97. The number of benzene rings is 2. The Labute approximate surface area is 188 Å². The molecule has 4 nitrogen and oxygen atoms in total. The summed E-state index contributed by atoms with van der Waals surface area (Å²) in [5.41, 5.74) is 9.61. The highest BCUT2D eigenvalue weighted by atomic mass is 35.5. The highest BCUT2D eigenvalue weighted by Gasteiger charge is 2.33. The highest BCUT2D eigenvalue weighted by molar-refractivity contribution is 7.09. The number of likely N-dealkylation sites (tertiary alicyclic amines) is 1. The second kappa shape index (κ2) is 10.7. The van der Waals surface area contributed by atoms with E-state index < -0.39 is 0 Å². The van der Waals surface area contributed by atoms with Gasteiger partial charge in [0, 0.05) is 36.9 Å². The van der Waals surface area contributed by atoms with Crippen LogP contribution in [0.15, 0.2) is 66.0 Å². The van der Waals surface area contributed by atoms with E-state index >= 15 is 0 Å². The highest BCUT2D eigenvalue weighted by Crippen LogP contribution is 2.27. The molecule has 4 rings (SSSR count). The lowest BCUT2D eigenvalue weighted by Gasteiger charge is -2.16. The Balaban J connectivity index is 0.00000150. The van der Waals surface area contributed by atoms with Gasteiger partial charge in [-0.05, 0) is 11.1 Å². The topological polar surface area (TPSA) is 59.2 Å². The number of amides is 1. The fourth-order valence-corrected chi connectivity index (χ4v) is 4.46. The Morgan fingerprint density at radius 1 is 1.03 bits per heavy atom. The molecule has 1 aliphatic heterocycles. The number of nitrogens with two attached hydrogens (primary N) is 1. The normalized spacial score (nSPS) is 18.0. The van der Waals surface area contributed by atoms with Crippen molar-refractivity contribution in [3.05, 3.63) is 87.9 Å². The SMILES string of the molecule is Cl.Cl.N[C@@H]1CN(C(=O)Cc2csc(Cc3ccccc3)n2)C[C@H]1c1ccccc1. The number of carbonyl (C=O) groups excluding carboxylic acids is 1. The molecule has 1 fully saturated rings. The van der Waals surface area contributed by atoms with Gasteiger partial charge in [-0.3, -0.25) is 4.79 Å². The molecule has 0 bridgehead atoms. The molecule has 0 unspecified atom stereocenters. The molecule has 2 aromatic carbocycles. The minimum Gasteiger partial charge on any atom is -0.340 e. The van der Waals surface area contributed by atoms with Crippen molar-refractivity contribution in [3.63, 3.8) is 0 Å². The van der Waals surface area contributed by atoms with Gasteiger partial charge in [-0.15, -0.1) is 36.2 Å². The van der Waals surface area contributed by atoms with Crippen LogP contribution in [-0.2, 0) is 17.6 Å². The number of nitrogens with zero attached hydrogens (tertiary/aromatic N) is 2. The fraction of sp³-hybridized carbons (Fsp3) is 0.273. The van der Waals surface area contributed by atoms with Crippen molar-refractivity contribution >= 4 is 42.1 Å². The van der Waals surface area contributed by atoms with Gasteiger partial charge in [0.25, 0.3) is 0 Å². The second-order valence-electron chi connectivity index (χ2n) is 7.05. The molecule has 0 spiro atoms. The van der Waals surface area contributed by atoms with Crippen molar-refractivity contribution in [1.82, 2.24) is 9.88 Å². The summed E-state index contributed by atoms with van der Waals surface area (Å²) in [5.74, 6) is 0.319. The summed E-state index contributed by atoms with van der Waals surface area (Å²) in [6.07, 6.45) is 1.16. The number of carbonyl (C=O) groups is 1. The predicted octanol–water partition coefficient (Wildman–Crippen LogP) is 4.07. The van der Waals surface area contributed by atoms with Gasteiger partial charge < -0.3 is 10.6 Å². The first-order chi connectivity index (χ1) is 13.2. The molecule has 1 aromatic heterocycles. The standard InChI is InChI=1S/C22H23N3OS.2ClH/c23-20-14-25(13-19(20)17-9-5-2-6-10-17)22(26)12-18-15-27-21(24-18)11-16-7-3-1-4-8-16;;/h1-10,15,19-20H,11-14,23H2;2*1H/t19-,20+;;/m0../s1. The van der Waals surface area contributed by atoms with Gasteiger partial charge in [-0.25, -0.2) is 4.98 Å². The molecule has 3 aromatic rings. The van der Waals surface area contributed by atoms with E-state index in [1.807, 2.05) is 46.7 Å². The molecule has 29 heavy (non-hydrogen) atoms. The van der Waals surface area contributed by atoms with E-state index in [2.05, 4.69) is 29.2 Å². The van der Waals surface area contributed by atoms with E-state index in [1.54, 1.807) is 11.3 Å². The van der Waals surface area contributed by atoms with Crippen molar-refractivity contribution in [2.45, 2.75) is 24.8 Å². The first kappa shape index (κ1) is 23.4. The number of hydrogen-bond acceptors (Lipinski definition) is 4. The molecule has 2 atom stereocenters. The summed E-state index contributed by atoms with van der Waals surface area (Å²) < 4.78 is 0. The Morgan fingerprint density at radius 2 is 1.69 bits per heavy atom. The molecule has 1 amide bonds. The lowest BCUT2D eigenvalue weighted by molar-refractivity contribution is -0.129. The van der Waals surface area contributed by atoms with E-state index in [4.69, 9.17) is 5.73 Å². The number of rotatable bonds is 5. The van der Waals surface area contributed by atoms with Gasteiger partial charge in [-0.1, -0.05) is 60.7 Å². The van der Waals surface area contributed by atoms with Gasteiger partial charge >= 0.3 is 0 Å². The summed E-state index contributed by atoms with van der Waals surface area (Å²) in [6.45, 7) is 1.30. The van der Waals surface area contributed by atoms with Crippen LogP contribution in [0.5, 0.6) is 0 Å². The predicted molar refractivity (Wildman–Crippen MR) is 123 cm³/mol. The molecule has 0 aliphatic carbocycles. The average molecular weight is 450 g/mol. The lowest BCUT2D eigenvalue weighted by Crippen LogP contribution is -2.33. The van der Waals surface area contributed by atoms with Crippen LogP contribution in [0.3, 0.4) is 0 Å². The van der Waals surface area contributed by atoms with Crippen LogP contribution in [0, 0.1) is 0 Å². The lowest BCUT2D eigenvalue weighted by atomic mass is 9.95. The molecule has 1 aliphatic rings. The summed E-state index contributed by atoms with van der Waals surface area (Å²) in [6, 6.07) is 20.5. The summed E-state index contributed by atoms with van der Waals surface area (Å²) in [5, 5.41) is 3.05. The van der Waals surface area contributed by atoms with Crippen molar-refractivity contribution in [2.75, 3.05) is 13.1 Å². The maximum atomic E-state index is 12.7. The second-order valence-corrected chi connectivity index (χ2v) is 7.99. The van der Waals surface area contributed by atoms with Gasteiger partial charge in [0.05, 0.1) is 17.1 Å². The van der Waals surface area contributed by atoms with Crippen molar-refractivity contribution in [2.24, 2.45) is 5.73 Å². The molecule has 2 heterocycles. The van der Waals surface area contributed by atoms with Gasteiger partial charge in [0.1, 0.15) is 0 Å². The third-order valence-electron chi connectivity index (χ3n) is 5.08. The maximum Gasteiger partial charge on any atom is 0.228 e. The summed E-state index contributed by atoms with van der Waals surface area (Å²) >= 11 is 1.62. The molecule has 0 saturated carbocycles. The molecular formula is C22H25Cl2N3OS. The van der Waals surface area contributed by atoms with E-state index in [-0.39, 0.29) is 42.7 Å². The maximum absolute atomic E-state index is 12.7. The third kappa shape index (κ3) is 5.80. The molecule has 2 N–H and O–H groups in total. The van der Waals surface area contributed by atoms with Crippen LogP contribution in [0.4, 0.5) is 0 Å². The van der Waals surface area contributed by atoms with Gasteiger partial charge in [0.2, 0.25) is 5.91 Å². The molecule has 154 valence electrons. The van der Waals surface area contributed by atoms with Crippen molar-refractivity contribution in [1.29, 1.82) is 0 Å². The molecular weight excluding hydrogens is 425 g/mol. The number of aromatic nitrogens is 1. The van der Waals surface area contributed by atoms with E-state index in [1.165, 1.54) is 11.1 Å². The summed E-state index contributed by atoms with van der Waals surface area (Å²) in [7, 11) is 0. The zero-order valence-electron chi connectivity index (χ0n) is 15.9. The van der Waals surface area contributed by atoms with Crippen LogP contribution in [0.25, 0.3) is 0 Å². The monoisotopic (exact) mass is 449 g/mol. The van der Waals surface area contributed by atoms with E-state index in [0.29, 0.717) is 19.5 Å². The van der Waals surface area contributed by atoms with Gasteiger partial charge in [-0.2, -0.15) is 0 Å². The average Bonchev–Trinajstić information content (AvgIpc) is 3.30. The van der Waals surface area contributed by atoms with Crippen LogP contribution in [0.1, 0.15) is 27.7 Å². The molecule has 0 radical (unpaired) electrons. The van der Waals surface area contributed by atoms with Crippen molar-refractivity contribution in [3.8, 4) is 0 Å². The van der Waals surface area contributed by atoms with Crippen LogP contribution >= 0.6 is 36.2 Å². The van der Waals surface area contributed by atoms with Crippen LogP contribution < -0.4 is 5.73 Å². The smallest absolute Gasteiger partial charge is 0.228 e. The zero-order chi connectivity index (χ0) is 18.6. The number of hydrogen-bond donors (Lipinski definition) is 1. The Hall–Kier alpha value is -1.92. The summed E-state index contributed by atoms with van der Waals surface area (Å²) in [4.78, 5) is 19.3. The zero-order valence-corrected chi connectivity index (χ0v) is 18.4. The minimum absolute atomic E-state index is 0. The first-order valence-electron chi connectivity index (χ1n) is 9.24. The molecule has 7 heteroatoms. The Morgan fingerprint density at radius 3 is 2.38 bits per heavy atom. The number of halogens is 2. The number of thiazole rings is 1. The van der Waals surface area contributed by atoms with Crippen LogP contribution in [0.2, 0.25) is 0 Å². The van der Waals surface area contributed by atoms with Crippen molar-refractivity contribution < 1.29 is 4.79 Å². The Kier molecular flexibility index (Phi) is 8.65. The minimum atomic E-state index is -0.0135. The van der Waals surface area contributed by atoms with Crippen LogP contribution in [-0.4, -0.2) is 34.9 Å². The van der Waals surface area contributed by atoms with Gasteiger partial charge in [0.15, 0.2) is 0 Å². The largest absolute Gasteiger partial charge is 0.340 e. The Bertz CT molecular complexity index is 905. The van der Waals surface area contributed by atoms with E-state index in [0.717, 1.165) is 17.1 Å². The quantitative estimate of drug-likeness (QED) is 0.638. The van der Waals surface area contributed by atoms with E-state index in [9.17, 15) is 4.79 Å². The first-order valence-corrected chi connectivity index (χ1v) is 10.1. The fourth-order valence-electron chi connectivity index (χ4n) is 3.63. The molecule has 1 saturated heterocycles.